The molecular formula is C19H22IN5O. The van der Waals surface area contributed by atoms with Gasteiger partial charge < -0.3 is 15.1 Å². The van der Waals surface area contributed by atoms with E-state index in [1.807, 2.05) is 48.5 Å². The van der Waals surface area contributed by atoms with E-state index >= 15 is 0 Å². The van der Waals surface area contributed by atoms with Gasteiger partial charge in [0.25, 0.3) is 0 Å². The molecule has 26 heavy (non-hydrogen) atoms. The third-order valence-electron chi connectivity index (χ3n) is 3.63. The van der Waals surface area contributed by atoms with E-state index in [0.717, 1.165) is 35.9 Å². The number of rotatable bonds is 6. The number of hydrogen-bond donors (Lipinski definition) is 2. The summed E-state index contributed by atoms with van der Waals surface area (Å²) in [6.45, 7) is 1.30. The highest BCUT2D eigenvalue weighted by atomic mass is 127. The standard InChI is InChI=1S/C19H21N5O.HI/c1-20-19(22-12-10-16-9-5-6-11-21-16)23-13-17-14-25-18(24-17)15-7-3-2-4-8-15;/h2-9,11,14H,10,12-13H2,1H3,(H2,20,22,23);1H. The maximum atomic E-state index is 5.54. The van der Waals surface area contributed by atoms with Gasteiger partial charge in [-0.1, -0.05) is 24.3 Å². The number of guanidine groups is 1. The molecule has 0 fully saturated rings. The molecule has 0 spiro atoms. The van der Waals surface area contributed by atoms with Crippen LogP contribution in [-0.4, -0.2) is 29.5 Å². The van der Waals surface area contributed by atoms with Crippen LogP contribution in [0.2, 0.25) is 0 Å². The van der Waals surface area contributed by atoms with Crippen LogP contribution in [0.1, 0.15) is 11.4 Å². The van der Waals surface area contributed by atoms with Crippen molar-refractivity contribution in [1.82, 2.24) is 20.6 Å². The predicted octanol–water partition coefficient (Wildman–Crippen LogP) is 3.26. The fourth-order valence-electron chi connectivity index (χ4n) is 2.35. The third kappa shape index (κ3) is 5.83. The molecule has 2 N–H and O–H groups in total. The van der Waals surface area contributed by atoms with Gasteiger partial charge in [-0.3, -0.25) is 9.98 Å². The second kappa shape index (κ2) is 10.5. The van der Waals surface area contributed by atoms with Crippen LogP contribution in [0.4, 0.5) is 0 Å². The molecule has 1 aromatic carbocycles. The molecule has 0 atom stereocenters. The highest BCUT2D eigenvalue weighted by Crippen LogP contribution is 2.17. The van der Waals surface area contributed by atoms with Crippen molar-refractivity contribution in [2.75, 3.05) is 13.6 Å². The molecule has 0 aliphatic rings. The number of nitrogens with one attached hydrogen (secondary N) is 2. The Morgan fingerprint density at radius 3 is 2.58 bits per heavy atom. The largest absolute Gasteiger partial charge is 0.444 e. The van der Waals surface area contributed by atoms with Crippen LogP contribution < -0.4 is 10.6 Å². The van der Waals surface area contributed by atoms with Gasteiger partial charge in [0.05, 0.1) is 12.2 Å². The van der Waals surface area contributed by atoms with Crippen molar-refractivity contribution in [3.8, 4) is 11.5 Å². The lowest BCUT2D eigenvalue weighted by molar-refractivity contribution is 0.572. The first-order valence-electron chi connectivity index (χ1n) is 8.19. The highest BCUT2D eigenvalue weighted by molar-refractivity contribution is 14.0. The monoisotopic (exact) mass is 463 g/mol. The predicted molar refractivity (Wildman–Crippen MR) is 113 cm³/mol. The summed E-state index contributed by atoms with van der Waals surface area (Å²) >= 11 is 0. The second-order valence-electron chi connectivity index (χ2n) is 5.43. The molecule has 3 rings (SSSR count). The molecule has 3 aromatic rings. The molecule has 2 heterocycles. The van der Waals surface area contributed by atoms with Crippen LogP contribution in [0.15, 0.2) is 70.4 Å². The second-order valence-corrected chi connectivity index (χ2v) is 5.43. The fourth-order valence-corrected chi connectivity index (χ4v) is 2.35. The van der Waals surface area contributed by atoms with Gasteiger partial charge >= 0.3 is 0 Å². The molecule has 6 nitrogen and oxygen atoms in total. The van der Waals surface area contributed by atoms with Crippen molar-refractivity contribution >= 4 is 29.9 Å². The van der Waals surface area contributed by atoms with Crippen LogP contribution in [0, 0.1) is 0 Å². The molecule has 0 saturated carbocycles. The van der Waals surface area contributed by atoms with Gasteiger partial charge in [0.2, 0.25) is 5.89 Å². The zero-order valence-electron chi connectivity index (χ0n) is 14.6. The number of aromatic nitrogens is 2. The van der Waals surface area contributed by atoms with Crippen LogP contribution in [-0.2, 0) is 13.0 Å². The number of nitrogens with zero attached hydrogens (tertiary/aromatic N) is 3. The summed E-state index contributed by atoms with van der Waals surface area (Å²) in [5, 5.41) is 6.50. The molecular weight excluding hydrogens is 441 g/mol. The van der Waals surface area contributed by atoms with Gasteiger partial charge in [-0.15, -0.1) is 24.0 Å². The molecule has 0 bridgehead atoms. The van der Waals surface area contributed by atoms with E-state index in [1.54, 1.807) is 19.5 Å². The van der Waals surface area contributed by atoms with Crippen molar-refractivity contribution in [3.63, 3.8) is 0 Å². The normalized spacial score (nSPS) is 10.9. The fraction of sp³-hybridized carbons (Fsp3) is 0.211. The van der Waals surface area contributed by atoms with Crippen LogP contribution in [0.25, 0.3) is 11.5 Å². The van der Waals surface area contributed by atoms with E-state index < -0.39 is 0 Å². The summed E-state index contributed by atoms with van der Waals surface area (Å²) in [7, 11) is 1.74. The average molecular weight is 463 g/mol. The highest BCUT2D eigenvalue weighted by Gasteiger charge is 2.07. The van der Waals surface area contributed by atoms with Gasteiger partial charge in [-0.05, 0) is 24.3 Å². The quantitative estimate of drug-likeness (QED) is 0.334. The minimum Gasteiger partial charge on any atom is -0.444 e. The summed E-state index contributed by atoms with van der Waals surface area (Å²) in [4.78, 5) is 13.0. The number of hydrogen-bond acceptors (Lipinski definition) is 4. The van der Waals surface area contributed by atoms with Gasteiger partial charge in [0.1, 0.15) is 6.26 Å². The van der Waals surface area contributed by atoms with Crippen LogP contribution in [0.5, 0.6) is 0 Å². The first kappa shape index (κ1) is 19.9. The van der Waals surface area contributed by atoms with Crippen molar-refractivity contribution in [2.45, 2.75) is 13.0 Å². The first-order valence-corrected chi connectivity index (χ1v) is 8.19. The molecule has 0 unspecified atom stereocenters. The number of halogens is 1. The van der Waals surface area contributed by atoms with Crippen LogP contribution >= 0.6 is 24.0 Å². The van der Waals surface area contributed by atoms with E-state index in [2.05, 4.69) is 25.6 Å². The van der Waals surface area contributed by atoms with E-state index in [4.69, 9.17) is 4.42 Å². The minimum atomic E-state index is 0. The minimum absolute atomic E-state index is 0. The average Bonchev–Trinajstić information content (AvgIpc) is 3.15. The maximum absolute atomic E-state index is 5.54. The lowest BCUT2D eigenvalue weighted by Gasteiger charge is -2.10. The van der Waals surface area contributed by atoms with Gasteiger partial charge in [-0.25, -0.2) is 4.98 Å². The summed E-state index contributed by atoms with van der Waals surface area (Å²) in [5.74, 6) is 1.34. The number of benzene rings is 1. The number of pyridine rings is 1. The van der Waals surface area contributed by atoms with Crippen molar-refractivity contribution in [2.24, 2.45) is 4.99 Å². The zero-order chi connectivity index (χ0) is 17.3. The Morgan fingerprint density at radius 1 is 1.04 bits per heavy atom. The topological polar surface area (TPSA) is 75.3 Å². The van der Waals surface area contributed by atoms with E-state index in [-0.39, 0.29) is 24.0 Å². The van der Waals surface area contributed by atoms with Crippen molar-refractivity contribution < 1.29 is 4.42 Å². The van der Waals surface area contributed by atoms with Gasteiger partial charge in [-0.2, -0.15) is 0 Å². The Balaban J connectivity index is 0.00000243. The summed E-state index contributed by atoms with van der Waals surface area (Å²) in [5.41, 5.74) is 2.84. The number of aliphatic imine (C=N–C) groups is 1. The first-order chi connectivity index (χ1) is 12.3. The number of oxazole rings is 1. The molecule has 0 aliphatic heterocycles. The molecule has 7 heteroatoms. The Morgan fingerprint density at radius 2 is 1.85 bits per heavy atom. The molecule has 136 valence electrons. The molecule has 0 amide bonds. The summed E-state index contributed by atoms with van der Waals surface area (Å²) in [6.07, 6.45) is 4.30. The van der Waals surface area contributed by atoms with E-state index in [9.17, 15) is 0 Å². The SMILES string of the molecule is CN=C(NCCc1ccccn1)NCc1coc(-c2ccccc2)n1.I. The maximum Gasteiger partial charge on any atom is 0.226 e. The van der Waals surface area contributed by atoms with Crippen molar-refractivity contribution in [3.05, 3.63) is 72.4 Å². The molecule has 0 aliphatic carbocycles. The Labute approximate surface area is 170 Å². The lowest BCUT2D eigenvalue weighted by Crippen LogP contribution is -2.38. The zero-order valence-corrected chi connectivity index (χ0v) is 16.9. The lowest BCUT2D eigenvalue weighted by atomic mass is 10.2. The Kier molecular flexibility index (Phi) is 8.07. The Hall–Kier alpha value is -2.42. The van der Waals surface area contributed by atoms with Crippen LogP contribution in [0.3, 0.4) is 0 Å². The molecule has 0 saturated heterocycles. The Bertz CT molecular complexity index is 805. The summed E-state index contributed by atoms with van der Waals surface area (Å²) < 4.78 is 5.54. The van der Waals surface area contributed by atoms with Crippen molar-refractivity contribution in [1.29, 1.82) is 0 Å². The summed E-state index contributed by atoms with van der Waals surface area (Å²) in [6, 6.07) is 15.8. The third-order valence-corrected chi connectivity index (χ3v) is 3.63. The van der Waals surface area contributed by atoms with Gasteiger partial charge in [0, 0.05) is 37.5 Å². The molecule has 2 aromatic heterocycles. The smallest absolute Gasteiger partial charge is 0.226 e. The van der Waals surface area contributed by atoms with E-state index in [0.29, 0.717) is 12.4 Å². The van der Waals surface area contributed by atoms with Gasteiger partial charge in [0.15, 0.2) is 5.96 Å². The molecule has 0 radical (unpaired) electrons. The van der Waals surface area contributed by atoms with E-state index in [1.165, 1.54) is 0 Å².